The Kier molecular flexibility index (Phi) is 3.15. The summed E-state index contributed by atoms with van der Waals surface area (Å²) in [7, 11) is 0. The zero-order valence-corrected chi connectivity index (χ0v) is 10.9. The topological polar surface area (TPSA) is 24.9 Å². The summed E-state index contributed by atoms with van der Waals surface area (Å²) in [6.45, 7) is 2.90. The van der Waals surface area contributed by atoms with Crippen LogP contribution in [-0.4, -0.2) is 4.98 Å². The van der Waals surface area contributed by atoms with Gasteiger partial charge in [-0.25, -0.2) is 0 Å². The molecule has 2 heteroatoms. The van der Waals surface area contributed by atoms with Crippen molar-refractivity contribution in [3.63, 3.8) is 0 Å². The van der Waals surface area contributed by atoms with Crippen molar-refractivity contribution in [1.82, 2.24) is 4.98 Å². The van der Waals surface area contributed by atoms with Crippen LogP contribution in [-0.2, 0) is 6.54 Å². The molecule has 0 fully saturated rings. The van der Waals surface area contributed by atoms with E-state index < -0.39 is 0 Å². The van der Waals surface area contributed by atoms with Crippen LogP contribution < -0.4 is 5.32 Å². The summed E-state index contributed by atoms with van der Waals surface area (Å²) < 4.78 is 0. The molecule has 1 N–H and O–H groups in total. The third kappa shape index (κ3) is 2.58. The quantitative estimate of drug-likeness (QED) is 0.753. The molecule has 0 amide bonds. The maximum atomic E-state index is 4.15. The average Bonchev–Trinajstić information content (AvgIpc) is 2.46. The number of hydrogen-bond donors (Lipinski definition) is 1. The molecule has 0 aliphatic heterocycles. The van der Waals surface area contributed by atoms with Crippen molar-refractivity contribution in [2.45, 2.75) is 13.5 Å². The van der Waals surface area contributed by atoms with Crippen LogP contribution >= 0.6 is 0 Å². The number of aryl methyl sites for hydroxylation is 1. The van der Waals surface area contributed by atoms with Crippen molar-refractivity contribution < 1.29 is 0 Å². The van der Waals surface area contributed by atoms with Crippen molar-refractivity contribution in [1.29, 1.82) is 0 Å². The lowest BCUT2D eigenvalue weighted by atomic mass is 10.1. The van der Waals surface area contributed by atoms with Crippen molar-refractivity contribution in [3.05, 3.63) is 72.1 Å². The zero-order valence-electron chi connectivity index (χ0n) is 10.9. The minimum absolute atomic E-state index is 0.817. The fraction of sp³-hybridized carbons (Fsp3) is 0.118. The Labute approximate surface area is 113 Å². The molecule has 0 aliphatic rings. The molecule has 19 heavy (non-hydrogen) atoms. The van der Waals surface area contributed by atoms with E-state index in [2.05, 4.69) is 59.7 Å². The smallest absolute Gasteiger partial charge is 0.0559 e. The predicted octanol–water partition coefficient (Wildman–Crippen LogP) is 4.16. The zero-order chi connectivity index (χ0) is 13.1. The van der Waals surface area contributed by atoms with E-state index in [0.717, 1.165) is 12.2 Å². The highest BCUT2D eigenvalue weighted by Gasteiger charge is 1.99. The molecule has 1 aromatic heterocycles. The highest BCUT2D eigenvalue weighted by atomic mass is 14.9. The van der Waals surface area contributed by atoms with E-state index in [1.807, 2.05) is 18.5 Å². The van der Waals surface area contributed by atoms with Gasteiger partial charge in [0, 0.05) is 12.7 Å². The fourth-order valence-electron chi connectivity index (χ4n) is 2.20. The first-order chi connectivity index (χ1) is 9.33. The number of anilines is 1. The molecule has 0 atom stereocenters. The molecule has 0 saturated carbocycles. The number of benzene rings is 2. The van der Waals surface area contributed by atoms with Crippen molar-refractivity contribution in [2.75, 3.05) is 5.32 Å². The van der Waals surface area contributed by atoms with Gasteiger partial charge in [-0.15, -0.1) is 0 Å². The van der Waals surface area contributed by atoms with Crippen LogP contribution in [0.5, 0.6) is 0 Å². The van der Waals surface area contributed by atoms with Crippen LogP contribution in [0.3, 0.4) is 0 Å². The molecule has 2 nitrogen and oxygen atoms in total. The minimum atomic E-state index is 0.817. The molecule has 0 saturated heterocycles. The second-order valence-electron chi connectivity index (χ2n) is 4.73. The average molecular weight is 248 g/mol. The van der Waals surface area contributed by atoms with Crippen molar-refractivity contribution >= 4 is 16.5 Å². The summed E-state index contributed by atoms with van der Waals surface area (Å²) >= 11 is 0. The molecule has 0 radical (unpaired) electrons. The van der Waals surface area contributed by atoms with Crippen LogP contribution in [0.15, 0.2) is 60.9 Å². The third-order valence-corrected chi connectivity index (χ3v) is 3.34. The van der Waals surface area contributed by atoms with Gasteiger partial charge in [-0.2, -0.15) is 0 Å². The van der Waals surface area contributed by atoms with Crippen LogP contribution in [0.1, 0.15) is 11.1 Å². The molecule has 3 rings (SSSR count). The summed E-state index contributed by atoms with van der Waals surface area (Å²) in [6, 6.07) is 17.0. The number of fused-ring (bicyclic) bond motifs is 1. The summed E-state index contributed by atoms with van der Waals surface area (Å²) in [5.41, 5.74) is 3.59. The number of nitrogens with one attached hydrogen (secondary N) is 1. The van der Waals surface area contributed by atoms with Gasteiger partial charge in [0.2, 0.25) is 0 Å². The maximum Gasteiger partial charge on any atom is 0.0559 e. The van der Waals surface area contributed by atoms with Gasteiger partial charge >= 0.3 is 0 Å². The van der Waals surface area contributed by atoms with Crippen LogP contribution in [0.4, 0.5) is 5.69 Å². The largest absolute Gasteiger partial charge is 0.380 e. The molecule has 1 heterocycles. The minimum Gasteiger partial charge on any atom is -0.380 e. The van der Waals surface area contributed by atoms with Gasteiger partial charge in [0.05, 0.1) is 11.9 Å². The third-order valence-electron chi connectivity index (χ3n) is 3.34. The first-order valence-corrected chi connectivity index (χ1v) is 6.45. The summed E-state index contributed by atoms with van der Waals surface area (Å²) in [5, 5.41) is 5.99. The SMILES string of the molecule is Cc1ccncc1NCc1ccc2ccccc2c1. The fourth-order valence-corrected chi connectivity index (χ4v) is 2.20. The molecule has 0 aliphatic carbocycles. The molecular weight excluding hydrogens is 232 g/mol. The molecule has 94 valence electrons. The van der Waals surface area contributed by atoms with Crippen LogP contribution in [0, 0.1) is 6.92 Å². The molecule has 3 aromatic rings. The first-order valence-electron chi connectivity index (χ1n) is 6.45. The van der Waals surface area contributed by atoms with Gasteiger partial charge in [-0.05, 0) is 41.0 Å². The summed E-state index contributed by atoms with van der Waals surface area (Å²) in [4.78, 5) is 4.15. The van der Waals surface area contributed by atoms with E-state index >= 15 is 0 Å². The molecule has 0 unspecified atom stereocenters. The lowest BCUT2D eigenvalue weighted by molar-refractivity contribution is 1.13. The maximum absolute atomic E-state index is 4.15. The Bertz CT molecular complexity index is 704. The highest BCUT2D eigenvalue weighted by molar-refractivity contribution is 5.83. The van der Waals surface area contributed by atoms with E-state index in [9.17, 15) is 0 Å². The molecule has 2 aromatic carbocycles. The van der Waals surface area contributed by atoms with Crippen LogP contribution in [0.25, 0.3) is 10.8 Å². The predicted molar refractivity (Wildman–Crippen MR) is 80.2 cm³/mol. The van der Waals surface area contributed by atoms with Gasteiger partial charge in [-0.3, -0.25) is 4.98 Å². The number of aromatic nitrogens is 1. The van der Waals surface area contributed by atoms with Gasteiger partial charge in [0.25, 0.3) is 0 Å². The Morgan fingerprint density at radius 1 is 1.00 bits per heavy atom. The highest BCUT2D eigenvalue weighted by Crippen LogP contribution is 2.17. The molecule has 0 spiro atoms. The van der Waals surface area contributed by atoms with Crippen molar-refractivity contribution in [3.8, 4) is 0 Å². The number of nitrogens with zero attached hydrogens (tertiary/aromatic N) is 1. The van der Waals surface area contributed by atoms with E-state index in [1.165, 1.54) is 21.9 Å². The second-order valence-corrected chi connectivity index (χ2v) is 4.73. The van der Waals surface area contributed by atoms with Gasteiger partial charge in [-0.1, -0.05) is 36.4 Å². The Morgan fingerprint density at radius 2 is 1.84 bits per heavy atom. The lowest BCUT2D eigenvalue weighted by Gasteiger charge is -2.09. The monoisotopic (exact) mass is 248 g/mol. The van der Waals surface area contributed by atoms with Gasteiger partial charge in [0.15, 0.2) is 0 Å². The van der Waals surface area contributed by atoms with Crippen LogP contribution in [0.2, 0.25) is 0 Å². The summed E-state index contributed by atoms with van der Waals surface area (Å²) in [5.74, 6) is 0. The second kappa shape index (κ2) is 5.11. The van der Waals surface area contributed by atoms with E-state index in [-0.39, 0.29) is 0 Å². The Balaban J connectivity index is 1.80. The standard InChI is InChI=1S/C17H16N2/c1-13-8-9-18-12-17(13)19-11-14-6-7-15-4-2-3-5-16(15)10-14/h2-10,12,19H,11H2,1H3. The lowest BCUT2D eigenvalue weighted by Crippen LogP contribution is -2.01. The van der Waals surface area contributed by atoms with Gasteiger partial charge < -0.3 is 5.32 Å². The number of hydrogen-bond acceptors (Lipinski definition) is 2. The van der Waals surface area contributed by atoms with E-state index in [4.69, 9.17) is 0 Å². The van der Waals surface area contributed by atoms with E-state index in [0.29, 0.717) is 0 Å². The van der Waals surface area contributed by atoms with Crippen molar-refractivity contribution in [2.24, 2.45) is 0 Å². The first kappa shape index (κ1) is 11.7. The Hall–Kier alpha value is -2.35. The summed E-state index contributed by atoms with van der Waals surface area (Å²) in [6.07, 6.45) is 3.69. The Morgan fingerprint density at radius 3 is 2.68 bits per heavy atom. The number of rotatable bonds is 3. The normalized spacial score (nSPS) is 10.6. The molecule has 0 bridgehead atoms. The van der Waals surface area contributed by atoms with Gasteiger partial charge in [0.1, 0.15) is 0 Å². The molecular formula is C17H16N2. The van der Waals surface area contributed by atoms with E-state index in [1.54, 1.807) is 0 Å². The number of pyridine rings is 1.